The van der Waals surface area contributed by atoms with Crippen molar-refractivity contribution in [1.29, 1.82) is 0 Å². The van der Waals surface area contributed by atoms with Gasteiger partial charge in [0.1, 0.15) is 23.5 Å². The summed E-state index contributed by atoms with van der Waals surface area (Å²) in [5.41, 5.74) is 1.35. The van der Waals surface area contributed by atoms with Crippen molar-refractivity contribution in [2.45, 2.75) is 63.9 Å². The molecule has 5 nitrogen and oxygen atoms in total. The van der Waals surface area contributed by atoms with Gasteiger partial charge in [-0.2, -0.15) is 0 Å². The molecule has 0 aromatic heterocycles. The van der Waals surface area contributed by atoms with Crippen LogP contribution in [0.15, 0.2) is 28.1 Å². The van der Waals surface area contributed by atoms with E-state index in [9.17, 15) is 9.90 Å². The molecule has 6 heteroatoms. The van der Waals surface area contributed by atoms with Crippen molar-refractivity contribution < 1.29 is 19.5 Å². The highest BCUT2D eigenvalue weighted by Gasteiger charge is 2.43. The zero-order valence-electron chi connectivity index (χ0n) is 13.5. The molecule has 0 radical (unpaired) electrons. The van der Waals surface area contributed by atoms with E-state index in [-0.39, 0.29) is 17.9 Å². The number of ether oxygens (including phenoxy) is 1. The van der Waals surface area contributed by atoms with Gasteiger partial charge in [-0.05, 0) is 38.2 Å². The van der Waals surface area contributed by atoms with Crippen LogP contribution in [0.4, 0.5) is 0 Å². The zero-order valence-corrected chi connectivity index (χ0v) is 14.3. The highest BCUT2D eigenvalue weighted by Crippen LogP contribution is 2.39. The minimum Gasteiger partial charge on any atom is -0.511 e. The van der Waals surface area contributed by atoms with Crippen molar-refractivity contribution in [2.75, 3.05) is 6.61 Å². The Bertz CT molecular complexity index is 517. The fourth-order valence-electron chi connectivity index (χ4n) is 3.21. The third-order valence-electron chi connectivity index (χ3n) is 4.36. The van der Waals surface area contributed by atoms with Gasteiger partial charge < -0.3 is 14.7 Å². The van der Waals surface area contributed by atoms with Gasteiger partial charge in [-0.3, -0.25) is 0 Å². The SMILES string of the molecule is CCC(=NOCC=CCl)C1=C(O)CC2(CCCCCC2)OC1=O. The molecule has 0 amide bonds. The summed E-state index contributed by atoms with van der Waals surface area (Å²) in [4.78, 5) is 17.6. The van der Waals surface area contributed by atoms with E-state index in [1.807, 2.05) is 6.92 Å². The van der Waals surface area contributed by atoms with E-state index in [1.165, 1.54) is 5.54 Å². The van der Waals surface area contributed by atoms with Gasteiger partial charge in [0, 0.05) is 12.0 Å². The molecular formula is C17H24ClNO4. The Morgan fingerprint density at radius 1 is 1.39 bits per heavy atom. The average molecular weight is 342 g/mol. The van der Waals surface area contributed by atoms with Crippen LogP contribution in [0, 0.1) is 0 Å². The Balaban J connectivity index is 2.18. The quantitative estimate of drug-likeness (QED) is 0.349. The van der Waals surface area contributed by atoms with E-state index in [4.69, 9.17) is 21.2 Å². The van der Waals surface area contributed by atoms with Crippen molar-refractivity contribution >= 4 is 23.3 Å². The zero-order chi connectivity index (χ0) is 16.7. The fraction of sp³-hybridized carbons (Fsp3) is 0.647. The van der Waals surface area contributed by atoms with E-state index in [0.29, 0.717) is 18.6 Å². The molecule has 23 heavy (non-hydrogen) atoms. The van der Waals surface area contributed by atoms with Gasteiger partial charge in [-0.25, -0.2) is 4.79 Å². The van der Waals surface area contributed by atoms with E-state index in [0.717, 1.165) is 38.5 Å². The molecule has 1 aliphatic carbocycles. The van der Waals surface area contributed by atoms with E-state index >= 15 is 0 Å². The van der Waals surface area contributed by atoms with Crippen molar-refractivity contribution in [3.63, 3.8) is 0 Å². The maximum Gasteiger partial charge on any atom is 0.344 e. The topological polar surface area (TPSA) is 68.1 Å². The molecule has 0 bridgehead atoms. The number of carbonyl (C=O) groups is 1. The number of rotatable bonds is 5. The minimum atomic E-state index is -0.539. The van der Waals surface area contributed by atoms with Crippen LogP contribution in [0.25, 0.3) is 0 Å². The number of oxime groups is 1. The third-order valence-corrected chi connectivity index (χ3v) is 4.54. The number of hydrogen-bond acceptors (Lipinski definition) is 5. The Kier molecular flexibility index (Phi) is 6.51. The Hall–Kier alpha value is -1.49. The van der Waals surface area contributed by atoms with Crippen LogP contribution in [-0.2, 0) is 14.4 Å². The molecular weight excluding hydrogens is 318 g/mol. The van der Waals surface area contributed by atoms with Crippen LogP contribution >= 0.6 is 11.6 Å². The highest BCUT2D eigenvalue weighted by molar-refractivity contribution is 6.25. The summed E-state index contributed by atoms with van der Waals surface area (Å²) in [5, 5.41) is 14.4. The summed E-state index contributed by atoms with van der Waals surface area (Å²) >= 11 is 5.41. The van der Waals surface area contributed by atoms with Gasteiger partial charge in [0.25, 0.3) is 0 Å². The lowest BCUT2D eigenvalue weighted by atomic mass is 9.85. The fourth-order valence-corrected chi connectivity index (χ4v) is 3.29. The maximum absolute atomic E-state index is 12.5. The Morgan fingerprint density at radius 3 is 2.65 bits per heavy atom. The third kappa shape index (κ3) is 4.50. The number of aliphatic hydroxyl groups excluding tert-OH is 1. The van der Waals surface area contributed by atoms with Crippen LogP contribution in [0.1, 0.15) is 58.3 Å². The molecule has 1 aliphatic heterocycles. The average Bonchev–Trinajstić information content (AvgIpc) is 2.74. The van der Waals surface area contributed by atoms with Crippen LogP contribution in [0.3, 0.4) is 0 Å². The maximum atomic E-state index is 12.5. The highest BCUT2D eigenvalue weighted by atomic mass is 35.5. The lowest BCUT2D eigenvalue weighted by Gasteiger charge is -2.36. The molecule has 1 saturated carbocycles. The Labute approximate surface area is 142 Å². The second kappa shape index (κ2) is 8.39. The van der Waals surface area contributed by atoms with Gasteiger partial charge in [-0.15, -0.1) is 0 Å². The van der Waals surface area contributed by atoms with Gasteiger partial charge in [0.15, 0.2) is 0 Å². The molecule has 128 valence electrons. The summed E-state index contributed by atoms with van der Waals surface area (Å²) in [6, 6.07) is 0. The van der Waals surface area contributed by atoms with Crippen LogP contribution in [0.5, 0.6) is 0 Å². The van der Waals surface area contributed by atoms with Crippen LogP contribution < -0.4 is 0 Å². The molecule has 2 rings (SSSR count). The van der Waals surface area contributed by atoms with Crippen molar-refractivity contribution in [3.05, 3.63) is 22.9 Å². The molecule has 1 heterocycles. The van der Waals surface area contributed by atoms with E-state index in [2.05, 4.69) is 5.16 Å². The summed E-state index contributed by atoms with van der Waals surface area (Å²) in [6.07, 6.45) is 8.40. The minimum absolute atomic E-state index is 0.0697. The number of halogens is 1. The second-order valence-electron chi connectivity index (χ2n) is 6.03. The standard InChI is InChI=1S/C17H24ClNO4/c1-2-13(19-22-11-7-10-18)15-14(20)12-17(23-16(15)21)8-5-3-4-6-9-17/h7,10,20H,2-6,8-9,11-12H2,1H3. The Morgan fingerprint density at radius 2 is 2.09 bits per heavy atom. The predicted octanol–water partition coefficient (Wildman–Crippen LogP) is 4.37. The normalized spacial score (nSPS) is 22.3. The van der Waals surface area contributed by atoms with Crippen LogP contribution in [-0.4, -0.2) is 29.0 Å². The molecule has 0 aromatic carbocycles. The van der Waals surface area contributed by atoms with Gasteiger partial charge >= 0.3 is 5.97 Å². The first-order valence-corrected chi connectivity index (χ1v) is 8.65. The van der Waals surface area contributed by atoms with E-state index in [1.54, 1.807) is 6.08 Å². The molecule has 1 N–H and O–H groups in total. The van der Waals surface area contributed by atoms with Crippen molar-refractivity contribution in [1.82, 2.24) is 0 Å². The summed E-state index contributed by atoms with van der Waals surface area (Å²) < 4.78 is 5.76. The van der Waals surface area contributed by atoms with Crippen LogP contribution in [0.2, 0.25) is 0 Å². The first-order valence-electron chi connectivity index (χ1n) is 8.22. The largest absolute Gasteiger partial charge is 0.511 e. The predicted molar refractivity (Wildman–Crippen MR) is 89.5 cm³/mol. The molecule has 2 aliphatic rings. The summed E-state index contributed by atoms with van der Waals surface area (Å²) in [5.74, 6) is -0.423. The number of esters is 1. The van der Waals surface area contributed by atoms with Gasteiger partial charge in [-0.1, -0.05) is 36.5 Å². The molecule has 0 atom stereocenters. The molecule has 1 spiro atoms. The molecule has 0 saturated heterocycles. The number of aliphatic hydroxyl groups is 1. The monoisotopic (exact) mass is 341 g/mol. The number of nitrogens with zero attached hydrogens (tertiary/aromatic N) is 1. The van der Waals surface area contributed by atoms with E-state index < -0.39 is 11.6 Å². The second-order valence-corrected chi connectivity index (χ2v) is 6.29. The lowest BCUT2D eigenvalue weighted by Crippen LogP contribution is -2.41. The molecule has 0 unspecified atom stereocenters. The lowest BCUT2D eigenvalue weighted by molar-refractivity contribution is -0.159. The van der Waals surface area contributed by atoms with Gasteiger partial charge in [0.05, 0.1) is 5.71 Å². The van der Waals surface area contributed by atoms with Gasteiger partial charge in [0.2, 0.25) is 0 Å². The number of hydrogen-bond donors (Lipinski definition) is 1. The number of carbonyl (C=O) groups excluding carboxylic acids is 1. The summed E-state index contributed by atoms with van der Waals surface area (Å²) in [7, 11) is 0. The van der Waals surface area contributed by atoms with Crippen molar-refractivity contribution in [2.24, 2.45) is 5.16 Å². The smallest absolute Gasteiger partial charge is 0.344 e. The molecule has 1 fully saturated rings. The first kappa shape index (κ1) is 17.9. The first-order chi connectivity index (χ1) is 11.1. The molecule has 0 aromatic rings. The summed E-state index contributed by atoms with van der Waals surface area (Å²) in [6.45, 7) is 2.06. The van der Waals surface area contributed by atoms with Crippen molar-refractivity contribution in [3.8, 4) is 0 Å².